The second-order valence-electron chi connectivity index (χ2n) is 8.77. The Morgan fingerprint density at radius 1 is 1.13 bits per heavy atom. The number of hydrogen-bond donors (Lipinski definition) is 1. The second-order valence-corrected chi connectivity index (χ2v) is 8.77. The van der Waals surface area contributed by atoms with Crippen LogP contribution < -0.4 is 10.1 Å². The zero-order valence-electron chi connectivity index (χ0n) is 19.2. The average molecular weight is 422 g/mol. The van der Waals surface area contributed by atoms with Crippen LogP contribution in [0.2, 0.25) is 0 Å². The molecule has 166 valence electrons. The van der Waals surface area contributed by atoms with Gasteiger partial charge in [-0.15, -0.1) is 0 Å². The van der Waals surface area contributed by atoms with E-state index in [1.807, 2.05) is 26.0 Å². The van der Waals surface area contributed by atoms with Gasteiger partial charge in [-0.1, -0.05) is 24.3 Å². The molecular formula is C27H35NO3. The normalized spacial score (nSPS) is 18.9. The Balaban J connectivity index is 1.48. The van der Waals surface area contributed by atoms with E-state index in [9.17, 15) is 4.79 Å². The van der Waals surface area contributed by atoms with Gasteiger partial charge < -0.3 is 14.8 Å². The topological polar surface area (TPSA) is 47.6 Å². The Labute approximate surface area is 186 Å². The van der Waals surface area contributed by atoms with Crippen LogP contribution in [0, 0.1) is 12.8 Å². The van der Waals surface area contributed by atoms with Gasteiger partial charge in [0.2, 0.25) is 0 Å². The van der Waals surface area contributed by atoms with Crippen molar-refractivity contribution in [3.05, 3.63) is 65.2 Å². The van der Waals surface area contributed by atoms with Gasteiger partial charge in [-0.3, -0.25) is 0 Å². The Hall–Kier alpha value is -2.75. The number of esters is 1. The molecule has 1 aliphatic rings. The minimum absolute atomic E-state index is 0.103. The van der Waals surface area contributed by atoms with Gasteiger partial charge in [-0.2, -0.15) is 0 Å². The third-order valence-corrected chi connectivity index (χ3v) is 5.98. The molecule has 0 unspecified atom stereocenters. The number of rotatable bonds is 8. The van der Waals surface area contributed by atoms with E-state index in [0.717, 1.165) is 23.5 Å². The first-order chi connectivity index (χ1) is 14.9. The standard InChI is InChI=1S/C27H35NO3/c1-19(2)31-27(29)15-10-21-6-5-7-25(17-21)28-18-22-8-11-23(12-9-22)24-13-14-26(30-4)20(3)16-24/h5-7,10,13-17,19,22-23,28H,8-9,11-12,18H2,1-4H3/b15-10+/t22-,23-. The van der Waals surface area contributed by atoms with Crippen molar-refractivity contribution in [1.29, 1.82) is 0 Å². The molecule has 4 nitrogen and oxygen atoms in total. The molecule has 0 saturated heterocycles. The third-order valence-electron chi connectivity index (χ3n) is 5.98. The SMILES string of the molecule is COc1ccc([C@H]2CC[C@H](CNc3cccc(/C=C/C(=O)OC(C)C)c3)CC2)cc1C. The number of carbonyl (C=O) groups excluding carboxylic acids is 1. The summed E-state index contributed by atoms with van der Waals surface area (Å²) in [5, 5.41) is 3.59. The van der Waals surface area contributed by atoms with Gasteiger partial charge in [0.1, 0.15) is 5.75 Å². The molecule has 3 rings (SSSR count). The van der Waals surface area contributed by atoms with Gasteiger partial charge in [0.15, 0.2) is 0 Å². The van der Waals surface area contributed by atoms with Gasteiger partial charge in [-0.25, -0.2) is 4.79 Å². The molecule has 1 aliphatic carbocycles. The highest BCUT2D eigenvalue weighted by Crippen LogP contribution is 2.37. The van der Waals surface area contributed by atoms with Crippen LogP contribution >= 0.6 is 0 Å². The monoisotopic (exact) mass is 421 g/mol. The molecule has 0 amide bonds. The van der Waals surface area contributed by atoms with E-state index in [1.54, 1.807) is 13.2 Å². The van der Waals surface area contributed by atoms with Crippen LogP contribution in [0.1, 0.15) is 62.1 Å². The van der Waals surface area contributed by atoms with Crippen LogP contribution in [-0.4, -0.2) is 25.7 Å². The van der Waals surface area contributed by atoms with E-state index < -0.39 is 0 Å². The summed E-state index contributed by atoms with van der Waals surface area (Å²) in [6.45, 7) is 6.80. The van der Waals surface area contributed by atoms with Crippen molar-refractivity contribution in [2.75, 3.05) is 19.0 Å². The predicted octanol–water partition coefficient (Wildman–Crippen LogP) is 6.35. The van der Waals surface area contributed by atoms with E-state index in [2.05, 4.69) is 42.6 Å². The lowest BCUT2D eigenvalue weighted by atomic mass is 9.78. The summed E-state index contributed by atoms with van der Waals surface area (Å²) >= 11 is 0. The van der Waals surface area contributed by atoms with Crippen molar-refractivity contribution < 1.29 is 14.3 Å². The van der Waals surface area contributed by atoms with Crippen LogP contribution in [0.4, 0.5) is 5.69 Å². The molecule has 0 aliphatic heterocycles. The molecule has 0 spiro atoms. The fourth-order valence-electron chi connectivity index (χ4n) is 4.31. The Kier molecular flexibility index (Phi) is 8.16. The highest BCUT2D eigenvalue weighted by molar-refractivity contribution is 5.87. The van der Waals surface area contributed by atoms with Crippen LogP contribution in [0.5, 0.6) is 5.75 Å². The maximum Gasteiger partial charge on any atom is 0.331 e. The van der Waals surface area contributed by atoms with E-state index in [4.69, 9.17) is 9.47 Å². The lowest BCUT2D eigenvalue weighted by molar-refractivity contribution is -0.141. The first-order valence-electron chi connectivity index (χ1n) is 11.3. The van der Waals surface area contributed by atoms with Crippen LogP contribution in [0.25, 0.3) is 6.08 Å². The van der Waals surface area contributed by atoms with Crippen LogP contribution in [-0.2, 0) is 9.53 Å². The van der Waals surface area contributed by atoms with Crippen molar-refractivity contribution >= 4 is 17.7 Å². The maximum absolute atomic E-state index is 11.7. The molecule has 0 heterocycles. The van der Waals surface area contributed by atoms with Crippen LogP contribution in [0.3, 0.4) is 0 Å². The molecule has 1 N–H and O–H groups in total. The van der Waals surface area contributed by atoms with Gasteiger partial charge >= 0.3 is 5.97 Å². The summed E-state index contributed by atoms with van der Waals surface area (Å²) in [6.07, 6.45) is 8.14. The van der Waals surface area contributed by atoms with Crippen molar-refractivity contribution in [1.82, 2.24) is 0 Å². The molecule has 2 aromatic carbocycles. The van der Waals surface area contributed by atoms with Gasteiger partial charge in [0.25, 0.3) is 0 Å². The molecule has 2 aromatic rings. The summed E-state index contributed by atoms with van der Waals surface area (Å²) in [6, 6.07) is 14.8. The molecule has 0 atom stereocenters. The summed E-state index contributed by atoms with van der Waals surface area (Å²) in [5.41, 5.74) is 4.74. The van der Waals surface area contributed by atoms with E-state index in [1.165, 1.54) is 42.9 Å². The van der Waals surface area contributed by atoms with Gasteiger partial charge in [-0.05, 0) is 99.3 Å². The molecule has 4 heteroatoms. The van der Waals surface area contributed by atoms with Crippen molar-refractivity contribution in [2.24, 2.45) is 5.92 Å². The maximum atomic E-state index is 11.7. The lowest BCUT2D eigenvalue weighted by Crippen LogP contribution is -2.20. The number of aryl methyl sites for hydroxylation is 1. The van der Waals surface area contributed by atoms with Crippen molar-refractivity contribution in [2.45, 2.75) is 58.5 Å². The Morgan fingerprint density at radius 2 is 1.90 bits per heavy atom. The molecule has 0 radical (unpaired) electrons. The van der Waals surface area contributed by atoms with Crippen molar-refractivity contribution in [3.63, 3.8) is 0 Å². The number of ether oxygens (including phenoxy) is 2. The fraction of sp³-hybridized carbons (Fsp3) is 0.444. The number of anilines is 1. The highest BCUT2D eigenvalue weighted by Gasteiger charge is 2.22. The number of carbonyl (C=O) groups is 1. The smallest absolute Gasteiger partial charge is 0.331 e. The zero-order chi connectivity index (χ0) is 22.2. The third kappa shape index (κ3) is 6.88. The molecule has 1 saturated carbocycles. The minimum Gasteiger partial charge on any atom is -0.496 e. The lowest BCUT2D eigenvalue weighted by Gasteiger charge is -2.29. The summed E-state index contributed by atoms with van der Waals surface area (Å²) in [5.74, 6) is 2.00. The fourth-order valence-corrected chi connectivity index (χ4v) is 4.31. The van der Waals surface area contributed by atoms with Crippen molar-refractivity contribution in [3.8, 4) is 5.75 Å². The van der Waals surface area contributed by atoms with E-state index >= 15 is 0 Å². The molecule has 0 aromatic heterocycles. The average Bonchev–Trinajstić information content (AvgIpc) is 2.76. The first-order valence-corrected chi connectivity index (χ1v) is 11.3. The molecule has 31 heavy (non-hydrogen) atoms. The quantitative estimate of drug-likeness (QED) is 0.398. The van der Waals surface area contributed by atoms with Gasteiger partial charge in [0, 0.05) is 18.3 Å². The number of hydrogen-bond acceptors (Lipinski definition) is 4. The largest absolute Gasteiger partial charge is 0.496 e. The Morgan fingerprint density at radius 3 is 2.58 bits per heavy atom. The summed E-state index contributed by atoms with van der Waals surface area (Å²) in [7, 11) is 1.73. The van der Waals surface area contributed by atoms with E-state index in [-0.39, 0.29) is 12.1 Å². The molecular weight excluding hydrogens is 386 g/mol. The zero-order valence-corrected chi connectivity index (χ0v) is 19.2. The summed E-state index contributed by atoms with van der Waals surface area (Å²) in [4.78, 5) is 11.7. The highest BCUT2D eigenvalue weighted by atomic mass is 16.5. The van der Waals surface area contributed by atoms with Crippen LogP contribution in [0.15, 0.2) is 48.5 Å². The summed E-state index contributed by atoms with van der Waals surface area (Å²) < 4.78 is 10.5. The number of methoxy groups -OCH3 is 1. The molecule has 1 fully saturated rings. The number of benzene rings is 2. The number of nitrogens with one attached hydrogen (secondary N) is 1. The molecule has 0 bridgehead atoms. The second kappa shape index (κ2) is 11.0. The van der Waals surface area contributed by atoms with Gasteiger partial charge in [0.05, 0.1) is 13.2 Å². The first kappa shape index (κ1) is 22.9. The van der Waals surface area contributed by atoms with E-state index in [0.29, 0.717) is 11.8 Å². The Bertz CT molecular complexity index is 895. The predicted molar refractivity (Wildman–Crippen MR) is 128 cm³/mol. The minimum atomic E-state index is -0.308.